The van der Waals surface area contributed by atoms with Crippen LogP contribution in [0.4, 0.5) is 10.7 Å². The van der Waals surface area contributed by atoms with Gasteiger partial charge in [-0.1, -0.05) is 6.92 Å². The summed E-state index contributed by atoms with van der Waals surface area (Å²) in [6, 6.07) is -0.153. The predicted molar refractivity (Wildman–Crippen MR) is 93.6 cm³/mol. The summed E-state index contributed by atoms with van der Waals surface area (Å²) in [5.74, 6) is -0.301. The predicted octanol–water partition coefficient (Wildman–Crippen LogP) is -0.169. The molecule has 0 aliphatic carbocycles. The van der Waals surface area contributed by atoms with Crippen molar-refractivity contribution in [2.24, 2.45) is 7.05 Å². The van der Waals surface area contributed by atoms with E-state index in [9.17, 15) is 21.6 Å². The molecule has 0 aromatic carbocycles. The van der Waals surface area contributed by atoms with Crippen LogP contribution in [0.3, 0.4) is 0 Å². The lowest BCUT2D eigenvalue weighted by atomic mass is 10.7. The molecule has 148 valence electrons. The van der Waals surface area contributed by atoms with Crippen LogP contribution in [0, 0.1) is 6.92 Å². The van der Waals surface area contributed by atoms with Crippen molar-refractivity contribution in [3.05, 3.63) is 18.1 Å². The van der Waals surface area contributed by atoms with Gasteiger partial charge in [-0.15, -0.1) is 0 Å². The van der Waals surface area contributed by atoms with Crippen molar-refractivity contribution in [3.8, 4) is 6.01 Å². The molecule has 0 fully saturated rings. The van der Waals surface area contributed by atoms with Gasteiger partial charge in [0.2, 0.25) is 5.95 Å². The third kappa shape index (κ3) is 4.51. The maximum Gasteiger partial charge on any atom is 0.335 e. The molecule has 0 atom stereocenters. The number of aryl methyl sites for hydroxylation is 2. The van der Waals surface area contributed by atoms with Crippen molar-refractivity contribution in [2.75, 3.05) is 18.2 Å². The molecule has 0 aliphatic rings. The van der Waals surface area contributed by atoms with Gasteiger partial charge in [0.05, 0.1) is 12.9 Å². The Morgan fingerprint density at radius 3 is 2.48 bits per heavy atom. The monoisotopic (exact) mass is 418 g/mol. The fourth-order valence-corrected chi connectivity index (χ4v) is 4.99. The molecule has 0 spiro atoms. The van der Waals surface area contributed by atoms with E-state index >= 15 is 0 Å². The van der Waals surface area contributed by atoms with E-state index in [-0.39, 0.29) is 23.5 Å². The number of nitrogens with one attached hydrogen (secondary N) is 2. The Labute approximate surface area is 156 Å². The molecule has 2 amide bonds. The lowest BCUT2D eigenvalue weighted by molar-refractivity contribution is 0.256. The van der Waals surface area contributed by atoms with E-state index in [1.807, 2.05) is 0 Å². The van der Waals surface area contributed by atoms with Crippen LogP contribution in [-0.4, -0.2) is 55.2 Å². The highest BCUT2D eigenvalue weighted by Gasteiger charge is 2.30. The Kier molecular flexibility index (Phi) is 5.70. The summed E-state index contributed by atoms with van der Waals surface area (Å²) < 4.78 is 57.1. The SMILES string of the molecule is CCS(=O)(=O)c1c(S(=O)(=O)NC(=O)Nc2nc(C)nc(OC)n2)ccn1C. The summed E-state index contributed by atoms with van der Waals surface area (Å²) in [7, 11) is -5.61. The third-order valence-corrected chi connectivity index (χ3v) is 6.66. The maximum atomic E-state index is 12.5. The van der Waals surface area contributed by atoms with E-state index in [1.165, 1.54) is 34.2 Å². The van der Waals surface area contributed by atoms with Gasteiger partial charge < -0.3 is 9.30 Å². The summed E-state index contributed by atoms with van der Waals surface area (Å²) in [4.78, 5) is 22.9. The largest absolute Gasteiger partial charge is 0.467 e. The van der Waals surface area contributed by atoms with Crippen molar-refractivity contribution in [2.45, 2.75) is 23.8 Å². The van der Waals surface area contributed by atoms with E-state index in [4.69, 9.17) is 4.74 Å². The second-order valence-corrected chi connectivity index (χ2v) is 9.10. The summed E-state index contributed by atoms with van der Waals surface area (Å²) in [6.45, 7) is 2.91. The van der Waals surface area contributed by atoms with E-state index in [0.717, 1.165) is 10.6 Å². The number of rotatable bonds is 6. The summed E-state index contributed by atoms with van der Waals surface area (Å²) in [5.41, 5.74) is 0. The Bertz CT molecular complexity index is 1080. The Hall–Kier alpha value is -2.74. The van der Waals surface area contributed by atoms with Gasteiger partial charge in [0.15, 0.2) is 14.9 Å². The molecule has 27 heavy (non-hydrogen) atoms. The standard InChI is InChI=1S/C13H18N6O6S2/c1-5-26(21,22)10-9(6-7-19(10)3)27(23,24)18-12(20)16-11-14-8(2)15-13(17-11)25-4/h6-7H,5H2,1-4H3,(H2,14,15,16,17,18,20). The zero-order valence-electron chi connectivity index (χ0n) is 14.9. The first-order valence-electron chi connectivity index (χ1n) is 7.48. The molecular weight excluding hydrogens is 400 g/mol. The summed E-state index contributed by atoms with van der Waals surface area (Å²) >= 11 is 0. The number of anilines is 1. The number of carbonyl (C=O) groups is 1. The van der Waals surface area contributed by atoms with E-state index < -0.39 is 35.8 Å². The highest BCUT2D eigenvalue weighted by atomic mass is 32.2. The van der Waals surface area contributed by atoms with Crippen LogP contribution in [-0.2, 0) is 26.9 Å². The molecular formula is C13H18N6O6S2. The van der Waals surface area contributed by atoms with Crippen molar-refractivity contribution in [1.82, 2.24) is 24.2 Å². The second-order valence-electron chi connectivity index (χ2n) is 5.25. The molecule has 2 aromatic rings. The molecule has 2 heterocycles. The van der Waals surface area contributed by atoms with Crippen molar-refractivity contribution < 1.29 is 26.4 Å². The van der Waals surface area contributed by atoms with Crippen LogP contribution in [0.1, 0.15) is 12.7 Å². The number of ether oxygens (including phenoxy) is 1. The minimum absolute atomic E-state index is 0.0694. The van der Waals surface area contributed by atoms with Crippen molar-refractivity contribution >= 4 is 31.8 Å². The third-order valence-electron chi connectivity index (χ3n) is 3.31. The Balaban J connectivity index is 2.30. The molecule has 0 saturated carbocycles. The first kappa shape index (κ1) is 20.6. The number of urea groups is 1. The van der Waals surface area contributed by atoms with E-state index in [0.29, 0.717) is 0 Å². The molecule has 12 nitrogen and oxygen atoms in total. The number of hydrogen-bond donors (Lipinski definition) is 2. The lowest BCUT2D eigenvalue weighted by Crippen LogP contribution is -2.35. The van der Waals surface area contributed by atoms with Crippen molar-refractivity contribution in [1.29, 1.82) is 0 Å². The highest BCUT2D eigenvalue weighted by molar-refractivity contribution is 7.93. The number of amides is 2. The van der Waals surface area contributed by atoms with Crippen molar-refractivity contribution in [3.63, 3.8) is 0 Å². The van der Waals surface area contributed by atoms with Gasteiger partial charge >= 0.3 is 12.0 Å². The molecule has 0 radical (unpaired) electrons. The molecule has 14 heteroatoms. The number of sulfone groups is 1. The van der Waals surface area contributed by atoms with Crippen LogP contribution in [0.2, 0.25) is 0 Å². The van der Waals surface area contributed by atoms with Crippen LogP contribution >= 0.6 is 0 Å². The van der Waals surface area contributed by atoms with Gasteiger partial charge in [0, 0.05) is 13.2 Å². The zero-order valence-corrected chi connectivity index (χ0v) is 16.5. The topological polar surface area (TPSA) is 162 Å². The van der Waals surface area contributed by atoms with E-state index in [2.05, 4.69) is 20.3 Å². The molecule has 0 unspecified atom stereocenters. The van der Waals surface area contributed by atoms with Crippen LogP contribution in [0.5, 0.6) is 6.01 Å². The van der Waals surface area contributed by atoms with Gasteiger partial charge in [-0.2, -0.15) is 15.0 Å². The second kappa shape index (κ2) is 7.48. The molecule has 2 rings (SSSR count). The van der Waals surface area contributed by atoms with Gasteiger partial charge in [-0.3, -0.25) is 5.32 Å². The molecule has 2 aromatic heterocycles. The summed E-state index contributed by atoms with van der Waals surface area (Å²) in [5, 5.41) is 1.72. The smallest absolute Gasteiger partial charge is 0.335 e. The highest BCUT2D eigenvalue weighted by Crippen LogP contribution is 2.22. The quantitative estimate of drug-likeness (QED) is 0.648. The molecule has 0 saturated heterocycles. The fourth-order valence-electron chi connectivity index (χ4n) is 2.11. The molecule has 2 N–H and O–H groups in total. The van der Waals surface area contributed by atoms with Crippen LogP contribution < -0.4 is 14.8 Å². The van der Waals surface area contributed by atoms with Crippen LogP contribution in [0.15, 0.2) is 22.2 Å². The average Bonchev–Trinajstić information content (AvgIpc) is 2.97. The fraction of sp³-hybridized carbons (Fsp3) is 0.385. The van der Waals surface area contributed by atoms with Crippen LogP contribution in [0.25, 0.3) is 0 Å². The molecule has 0 bridgehead atoms. The average molecular weight is 418 g/mol. The lowest BCUT2D eigenvalue weighted by Gasteiger charge is -2.10. The number of aromatic nitrogens is 4. The van der Waals surface area contributed by atoms with Gasteiger partial charge in [0.25, 0.3) is 10.0 Å². The number of nitrogens with zero attached hydrogens (tertiary/aromatic N) is 4. The minimum atomic E-state index is -4.47. The number of sulfonamides is 1. The van der Waals surface area contributed by atoms with Gasteiger partial charge in [-0.25, -0.2) is 26.4 Å². The molecule has 0 aliphatic heterocycles. The minimum Gasteiger partial charge on any atom is -0.467 e. The Morgan fingerprint density at radius 1 is 1.22 bits per heavy atom. The zero-order chi connectivity index (χ0) is 20.4. The number of hydrogen-bond acceptors (Lipinski definition) is 9. The Morgan fingerprint density at radius 2 is 1.89 bits per heavy atom. The van der Waals surface area contributed by atoms with Gasteiger partial charge in [0.1, 0.15) is 10.7 Å². The first-order chi connectivity index (χ1) is 12.5. The first-order valence-corrected chi connectivity index (χ1v) is 10.6. The van der Waals surface area contributed by atoms with Gasteiger partial charge in [-0.05, 0) is 13.0 Å². The summed E-state index contributed by atoms with van der Waals surface area (Å²) in [6.07, 6.45) is 1.27. The maximum absolute atomic E-state index is 12.5. The number of methoxy groups -OCH3 is 1. The number of carbonyl (C=O) groups excluding carboxylic acids is 1. The van der Waals surface area contributed by atoms with E-state index in [1.54, 1.807) is 4.72 Å². The normalized spacial score (nSPS) is 11.9.